The van der Waals surface area contributed by atoms with E-state index in [-0.39, 0.29) is 0 Å². The lowest BCUT2D eigenvalue weighted by molar-refractivity contribution is 1.08. The fourth-order valence-corrected chi connectivity index (χ4v) is 4.78. The van der Waals surface area contributed by atoms with Crippen molar-refractivity contribution in [2.75, 3.05) is 0 Å². The van der Waals surface area contributed by atoms with E-state index in [9.17, 15) is 0 Å². The summed E-state index contributed by atoms with van der Waals surface area (Å²) < 4.78 is 0. The molecule has 0 fully saturated rings. The van der Waals surface area contributed by atoms with Gasteiger partial charge in [-0.05, 0) is 56.6 Å². The molecule has 0 unspecified atom stereocenters. The minimum atomic E-state index is 0.508. The Labute approximate surface area is 208 Å². The highest BCUT2D eigenvalue weighted by molar-refractivity contribution is 6.08. The summed E-state index contributed by atoms with van der Waals surface area (Å²) in [7, 11) is 0. The average molecular weight is 461 g/mol. The summed E-state index contributed by atoms with van der Waals surface area (Å²) in [6.45, 7) is 0. The zero-order valence-corrected chi connectivity index (χ0v) is 19.3. The molecule has 0 aliphatic rings. The normalized spacial score (nSPS) is 11.3. The number of benzene rings is 5. The lowest BCUT2D eigenvalue weighted by atomic mass is 9.98. The highest BCUT2D eigenvalue weighted by Crippen LogP contribution is 2.32. The van der Waals surface area contributed by atoms with Gasteiger partial charge in [0, 0.05) is 23.5 Å². The molecule has 0 saturated heterocycles. The fourth-order valence-electron chi connectivity index (χ4n) is 4.78. The van der Waals surface area contributed by atoms with Crippen molar-refractivity contribution in [3.8, 4) is 34.2 Å². The smallest absolute Gasteiger partial charge is 0.198 e. The average Bonchev–Trinajstić information content (AvgIpc) is 2.96. The van der Waals surface area contributed by atoms with Crippen molar-refractivity contribution in [2.24, 2.45) is 0 Å². The van der Waals surface area contributed by atoms with Crippen LogP contribution in [-0.2, 0) is 0 Å². The fraction of sp³-hybridized carbons (Fsp3) is 0. The zero-order chi connectivity index (χ0) is 23.9. The van der Waals surface area contributed by atoms with Crippen LogP contribution < -0.4 is 0 Å². The first-order valence-corrected chi connectivity index (χ1v) is 11.9. The Morgan fingerprint density at radius 2 is 0.972 bits per heavy atom. The molecule has 0 aliphatic heterocycles. The molecule has 2 aromatic heterocycles. The van der Waals surface area contributed by atoms with Crippen LogP contribution >= 0.6 is 0 Å². The van der Waals surface area contributed by atoms with Gasteiger partial charge in [0.1, 0.15) is 0 Å². The Bertz CT molecular complexity index is 1890. The largest absolute Gasteiger partial charge is 0.234 e. The number of aromatic nitrogens is 4. The van der Waals surface area contributed by atoms with Gasteiger partial charge in [0.05, 0.1) is 11.4 Å². The molecule has 0 aliphatic carbocycles. The highest BCUT2D eigenvalue weighted by atomic mass is 15.0. The summed E-state index contributed by atoms with van der Waals surface area (Å²) in [5.74, 6) is 1.02. The zero-order valence-electron chi connectivity index (χ0n) is 19.3. The standard InChI is InChI=1S/C32H20N4/c1-2-8-23-18-25(13-10-21(23)6-1)29-20-30(36-32(35-29)31-33-16-5-17-34-31)26-14-15-28-24(19-26)12-11-22-7-3-4-9-27(22)28/h1-20H. The maximum atomic E-state index is 4.89. The van der Waals surface area contributed by atoms with Gasteiger partial charge >= 0.3 is 0 Å². The summed E-state index contributed by atoms with van der Waals surface area (Å²) in [4.78, 5) is 18.6. The molecular formula is C32H20N4. The van der Waals surface area contributed by atoms with E-state index >= 15 is 0 Å². The number of fused-ring (bicyclic) bond motifs is 4. The van der Waals surface area contributed by atoms with E-state index < -0.39 is 0 Å². The van der Waals surface area contributed by atoms with Gasteiger partial charge in [-0.25, -0.2) is 19.9 Å². The van der Waals surface area contributed by atoms with Crippen LogP contribution in [0.25, 0.3) is 66.5 Å². The summed E-state index contributed by atoms with van der Waals surface area (Å²) >= 11 is 0. The summed E-state index contributed by atoms with van der Waals surface area (Å²) in [6.07, 6.45) is 3.43. The second-order valence-electron chi connectivity index (χ2n) is 8.82. The van der Waals surface area contributed by atoms with Crippen LogP contribution in [0.2, 0.25) is 0 Å². The topological polar surface area (TPSA) is 51.6 Å². The maximum absolute atomic E-state index is 4.89. The second kappa shape index (κ2) is 8.36. The molecule has 0 amide bonds. The van der Waals surface area contributed by atoms with Crippen LogP contribution in [0.5, 0.6) is 0 Å². The molecule has 36 heavy (non-hydrogen) atoms. The molecule has 5 aromatic carbocycles. The molecule has 0 N–H and O–H groups in total. The lowest BCUT2D eigenvalue weighted by Gasteiger charge is -2.10. The Kier molecular flexibility index (Phi) is 4.74. The third-order valence-corrected chi connectivity index (χ3v) is 6.58. The predicted octanol–water partition coefficient (Wildman–Crippen LogP) is 7.73. The van der Waals surface area contributed by atoms with E-state index in [1.807, 2.05) is 0 Å². The molecule has 0 spiro atoms. The number of hydrogen-bond donors (Lipinski definition) is 0. The van der Waals surface area contributed by atoms with Gasteiger partial charge in [-0.2, -0.15) is 0 Å². The van der Waals surface area contributed by atoms with E-state index in [0.29, 0.717) is 11.6 Å². The minimum absolute atomic E-state index is 0.508. The van der Waals surface area contributed by atoms with Crippen molar-refractivity contribution < 1.29 is 0 Å². The van der Waals surface area contributed by atoms with Gasteiger partial charge < -0.3 is 0 Å². The molecule has 4 nitrogen and oxygen atoms in total. The van der Waals surface area contributed by atoms with Crippen LogP contribution in [-0.4, -0.2) is 19.9 Å². The maximum Gasteiger partial charge on any atom is 0.198 e. The molecule has 4 heteroatoms. The van der Waals surface area contributed by atoms with Crippen LogP contribution in [0, 0.1) is 0 Å². The Morgan fingerprint density at radius 1 is 0.389 bits per heavy atom. The van der Waals surface area contributed by atoms with Gasteiger partial charge in [-0.3, -0.25) is 0 Å². The third-order valence-electron chi connectivity index (χ3n) is 6.58. The van der Waals surface area contributed by atoms with Crippen LogP contribution in [0.15, 0.2) is 122 Å². The quantitative estimate of drug-likeness (QED) is 0.253. The van der Waals surface area contributed by atoms with E-state index in [1.54, 1.807) is 18.5 Å². The van der Waals surface area contributed by atoms with Gasteiger partial charge in [0.15, 0.2) is 11.6 Å². The van der Waals surface area contributed by atoms with Gasteiger partial charge in [0.2, 0.25) is 0 Å². The van der Waals surface area contributed by atoms with Crippen molar-refractivity contribution in [3.05, 3.63) is 122 Å². The third kappa shape index (κ3) is 3.56. The summed E-state index contributed by atoms with van der Waals surface area (Å²) in [6, 6.07) is 38.0. The number of nitrogens with zero attached hydrogens (tertiary/aromatic N) is 4. The Balaban J connectivity index is 1.43. The van der Waals surface area contributed by atoms with Crippen molar-refractivity contribution in [3.63, 3.8) is 0 Å². The predicted molar refractivity (Wildman–Crippen MR) is 146 cm³/mol. The molecule has 0 bridgehead atoms. The molecule has 0 saturated carbocycles. The van der Waals surface area contributed by atoms with Crippen LogP contribution in [0.1, 0.15) is 0 Å². The minimum Gasteiger partial charge on any atom is -0.234 e. The summed E-state index contributed by atoms with van der Waals surface area (Å²) in [5.41, 5.74) is 3.73. The van der Waals surface area contributed by atoms with Crippen LogP contribution in [0.3, 0.4) is 0 Å². The first kappa shape index (κ1) is 20.4. The van der Waals surface area contributed by atoms with Gasteiger partial charge in [-0.1, -0.05) is 84.9 Å². The second-order valence-corrected chi connectivity index (χ2v) is 8.82. The Morgan fingerprint density at radius 3 is 1.78 bits per heavy atom. The molecule has 168 valence electrons. The van der Waals surface area contributed by atoms with Crippen molar-refractivity contribution >= 4 is 32.3 Å². The molecule has 0 radical (unpaired) electrons. The van der Waals surface area contributed by atoms with Crippen LogP contribution in [0.4, 0.5) is 0 Å². The van der Waals surface area contributed by atoms with E-state index in [1.165, 1.54) is 32.3 Å². The van der Waals surface area contributed by atoms with E-state index in [0.717, 1.165) is 22.5 Å². The van der Waals surface area contributed by atoms with Gasteiger partial charge in [0.25, 0.3) is 0 Å². The van der Waals surface area contributed by atoms with E-state index in [4.69, 9.17) is 9.97 Å². The SMILES string of the molecule is c1cnc(-c2nc(-c3ccc4ccccc4c3)cc(-c3ccc4c(ccc5ccccc54)c3)n2)nc1. The molecule has 0 atom stereocenters. The molecular weight excluding hydrogens is 440 g/mol. The number of hydrogen-bond acceptors (Lipinski definition) is 4. The highest BCUT2D eigenvalue weighted by Gasteiger charge is 2.13. The molecule has 7 aromatic rings. The van der Waals surface area contributed by atoms with Crippen molar-refractivity contribution in [2.45, 2.75) is 0 Å². The lowest BCUT2D eigenvalue weighted by Crippen LogP contribution is -1.98. The first-order valence-electron chi connectivity index (χ1n) is 11.9. The monoisotopic (exact) mass is 460 g/mol. The Hall–Kier alpha value is -4.96. The first-order chi connectivity index (χ1) is 17.8. The summed E-state index contributed by atoms with van der Waals surface area (Å²) in [5, 5.41) is 7.26. The molecule has 2 heterocycles. The van der Waals surface area contributed by atoms with Crippen molar-refractivity contribution in [1.82, 2.24) is 19.9 Å². The van der Waals surface area contributed by atoms with E-state index in [2.05, 4.69) is 113 Å². The van der Waals surface area contributed by atoms with Gasteiger partial charge in [-0.15, -0.1) is 0 Å². The molecule has 7 rings (SSSR count). The van der Waals surface area contributed by atoms with Crippen molar-refractivity contribution in [1.29, 1.82) is 0 Å². The number of rotatable bonds is 3.